The molecule has 0 amide bonds. The lowest BCUT2D eigenvalue weighted by Gasteiger charge is -2.08. The van der Waals surface area contributed by atoms with E-state index >= 15 is 0 Å². The Morgan fingerprint density at radius 1 is 1.47 bits per heavy atom. The molecule has 1 aromatic carbocycles. The molecule has 1 N–H and O–H groups in total. The van der Waals surface area contributed by atoms with E-state index in [2.05, 4.69) is 0 Å². The summed E-state index contributed by atoms with van der Waals surface area (Å²) < 4.78 is 0. The Kier molecular flexibility index (Phi) is 3.04. The number of carbonyl (C=O) groups is 1. The summed E-state index contributed by atoms with van der Waals surface area (Å²) in [5, 5.41) is 19.4. The molecule has 0 aliphatic carbocycles. The summed E-state index contributed by atoms with van der Waals surface area (Å²) in [6.07, 6.45) is 0. The van der Waals surface area contributed by atoms with Crippen molar-refractivity contribution >= 4 is 11.7 Å². The normalized spacial score (nSPS) is 10.3. The van der Waals surface area contributed by atoms with Crippen LogP contribution in [0.1, 0.15) is 35.7 Å². The molecular formula is C10H11NO4. The lowest BCUT2D eigenvalue weighted by molar-refractivity contribution is -0.384. The van der Waals surface area contributed by atoms with Gasteiger partial charge in [0.25, 0.3) is 5.69 Å². The number of hydrogen-bond donors (Lipinski definition) is 1. The molecule has 0 fully saturated rings. The predicted octanol–water partition coefficient (Wildman–Crippen LogP) is 2.42. The van der Waals surface area contributed by atoms with Crippen LogP contribution >= 0.6 is 0 Å². The van der Waals surface area contributed by atoms with Gasteiger partial charge < -0.3 is 5.11 Å². The first-order valence-electron chi connectivity index (χ1n) is 4.45. The first-order valence-corrected chi connectivity index (χ1v) is 4.45. The molecule has 0 spiro atoms. The average Bonchev–Trinajstić information content (AvgIpc) is 2.16. The van der Waals surface area contributed by atoms with E-state index in [1.807, 2.05) is 0 Å². The number of rotatable bonds is 3. The lowest BCUT2D eigenvalue weighted by Crippen LogP contribution is -2.04. The molecule has 1 rings (SSSR count). The molecule has 0 radical (unpaired) electrons. The Morgan fingerprint density at radius 2 is 2.07 bits per heavy atom. The molecule has 80 valence electrons. The number of benzene rings is 1. The van der Waals surface area contributed by atoms with Crippen molar-refractivity contribution in [2.75, 3.05) is 0 Å². The molecule has 0 atom stereocenters. The molecule has 0 aliphatic heterocycles. The summed E-state index contributed by atoms with van der Waals surface area (Å²) in [7, 11) is 0. The van der Waals surface area contributed by atoms with E-state index in [4.69, 9.17) is 5.11 Å². The van der Waals surface area contributed by atoms with Crippen molar-refractivity contribution in [3.8, 4) is 0 Å². The predicted molar refractivity (Wildman–Crippen MR) is 54.1 cm³/mol. The Balaban J connectivity index is 3.33. The third kappa shape index (κ3) is 2.31. The quantitative estimate of drug-likeness (QED) is 0.612. The number of carboxylic acids is 1. The van der Waals surface area contributed by atoms with Gasteiger partial charge in [0.2, 0.25) is 0 Å². The van der Waals surface area contributed by atoms with Gasteiger partial charge in [-0.1, -0.05) is 13.8 Å². The Hall–Kier alpha value is -1.91. The number of non-ortho nitro benzene ring substituents is 1. The van der Waals surface area contributed by atoms with Gasteiger partial charge in [-0.3, -0.25) is 10.1 Å². The zero-order valence-corrected chi connectivity index (χ0v) is 8.43. The van der Waals surface area contributed by atoms with Crippen molar-refractivity contribution in [1.29, 1.82) is 0 Å². The zero-order chi connectivity index (χ0) is 11.6. The zero-order valence-electron chi connectivity index (χ0n) is 8.43. The highest BCUT2D eigenvalue weighted by molar-refractivity contribution is 5.90. The maximum Gasteiger partial charge on any atom is 0.335 e. The highest BCUT2D eigenvalue weighted by atomic mass is 16.6. The summed E-state index contributed by atoms with van der Waals surface area (Å²) in [6, 6.07) is 3.79. The average molecular weight is 209 g/mol. The van der Waals surface area contributed by atoms with Gasteiger partial charge in [-0.05, 0) is 17.5 Å². The van der Waals surface area contributed by atoms with Crippen LogP contribution in [-0.2, 0) is 0 Å². The molecule has 0 saturated heterocycles. The number of carboxylic acid groups (broad SMARTS) is 1. The first-order chi connectivity index (χ1) is 6.93. The van der Waals surface area contributed by atoms with E-state index < -0.39 is 10.9 Å². The van der Waals surface area contributed by atoms with Gasteiger partial charge in [0.1, 0.15) is 0 Å². The monoisotopic (exact) mass is 209 g/mol. The molecule has 15 heavy (non-hydrogen) atoms. The summed E-state index contributed by atoms with van der Waals surface area (Å²) in [5.74, 6) is -1.12. The maximum absolute atomic E-state index is 10.8. The minimum Gasteiger partial charge on any atom is -0.478 e. The number of aromatic carboxylic acids is 1. The van der Waals surface area contributed by atoms with Crippen molar-refractivity contribution in [3.63, 3.8) is 0 Å². The molecule has 0 unspecified atom stereocenters. The summed E-state index contributed by atoms with van der Waals surface area (Å²) in [5.41, 5.74) is 0.524. The molecule has 1 aromatic rings. The summed E-state index contributed by atoms with van der Waals surface area (Å²) in [4.78, 5) is 20.8. The minimum atomic E-state index is -1.06. The van der Waals surface area contributed by atoms with Crippen LogP contribution < -0.4 is 0 Å². The summed E-state index contributed by atoms with van der Waals surface area (Å²) in [6.45, 7) is 3.59. The second-order valence-corrected chi connectivity index (χ2v) is 3.49. The third-order valence-electron chi connectivity index (χ3n) is 2.10. The molecule has 0 heterocycles. The van der Waals surface area contributed by atoms with Gasteiger partial charge >= 0.3 is 5.97 Å². The van der Waals surface area contributed by atoms with E-state index in [0.29, 0.717) is 5.56 Å². The van der Waals surface area contributed by atoms with Crippen LogP contribution in [-0.4, -0.2) is 16.0 Å². The Morgan fingerprint density at radius 3 is 2.47 bits per heavy atom. The van der Waals surface area contributed by atoms with Gasteiger partial charge in [0.05, 0.1) is 10.5 Å². The van der Waals surface area contributed by atoms with E-state index in [0.717, 1.165) is 0 Å². The Labute approximate surface area is 86.5 Å². The fourth-order valence-corrected chi connectivity index (χ4v) is 1.34. The van der Waals surface area contributed by atoms with Crippen LogP contribution in [0.4, 0.5) is 5.69 Å². The molecule has 0 saturated carbocycles. The van der Waals surface area contributed by atoms with Crippen LogP contribution in [0.5, 0.6) is 0 Å². The Bertz CT molecular complexity index is 412. The van der Waals surface area contributed by atoms with Crippen molar-refractivity contribution in [2.45, 2.75) is 19.8 Å². The summed E-state index contributed by atoms with van der Waals surface area (Å²) >= 11 is 0. The second-order valence-electron chi connectivity index (χ2n) is 3.49. The smallest absolute Gasteiger partial charge is 0.335 e. The van der Waals surface area contributed by atoms with E-state index in [-0.39, 0.29) is 17.2 Å². The molecule has 0 aliphatic rings. The fraction of sp³-hybridized carbons (Fsp3) is 0.300. The minimum absolute atomic E-state index is 0.0593. The number of nitro benzene ring substituents is 1. The molecular weight excluding hydrogens is 198 g/mol. The fourth-order valence-electron chi connectivity index (χ4n) is 1.34. The highest BCUT2D eigenvalue weighted by Crippen LogP contribution is 2.24. The van der Waals surface area contributed by atoms with Crippen molar-refractivity contribution in [1.82, 2.24) is 0 Å². The van der Waals surface area contributed by atoms with Crippen molar-refractivity contribution < 1.29 is 14.8 Å². The van der Waals surface area contributed by atoms with Crippen LogP contribution in [0.2, 0.25) is 0 Å². The number of hydrogen-bond acceptors (Lipinski definition) is 3. The van der Waals surface area contributed by atoms with Crippen LogP contribution in [0.15, 0.2) is 18.2 Å². The standard InChI is InChI=1S/C10H11NO4/c1-6(2)9-5-7(11(14)15)3-4-8(9)10(12)13/h3-6H,1-2H3,(H,12,13). The second kappa shape index (κ2) is 4.08. The molecule has 5 heteroatoms. The maximum atomic E-state index is 10.8. The van der Waals surface area contributed by atoms with E-state index in [9.17, 15) is 14.9 Å². The van der Waals surface area contributed by atoms with Crippen molar-refractivity contribution in [3.05, 3.63) is 39.4 Å². The van der Waals surface area contributed by atoms with Crippen molar-refractivity contribution in [2.24, 2.45) is 0 Å². The number of nitro groups is 1. The van der Waals surface area contributed by atoms with Gasteiger partial charge in [0.15, 0.2) is 0 Å². The SMILES string of the molecule is CC(C)c1cc([N+](=O)[O-])ccc1C(=O)O. The molecule has 0 bridgehead atoms. The van der Waals surface area contributed by atoms with Crippen LogP contribution in [0.25, 0.3) is 0 Å². The molecule has 5 nitrogen and oxygen atoms in total. The van der Waals surface area contributed by atoms with Gasteiger partial charge in [-0.2, -0.15) is 0 Å². The van der Waals surface area contributed by atoms with E-state index in [1.54, 1.807) is 13.8 Å². The van der Waals surface area contributed by atoms with Gasteiger partial charge in [0, 0.05) is 12.1 Å². The van der Waals surface area contributed by atoms with Gasteiger partial charge in [-0.15, -0.1) is 0 Å². The van der Waals surface area contributed by atoms with E-state index in [1.165, 1.54) is 18.2 Å². The highest BCUT2D eigenvalue weighted by Gasteiger charge is 2.16. The largest absolute Gasteiger partial charge is 0.478 e. The van der Waals surface area contributed by atoms with Crippen LogP contribution in [0.3, 0.4) is 0 Å². The van der Waals surface area contributed by atoms with Crippen LogP contribution in [0, 0.1) is 10.1 Å². The number of nitrogens with zero attached hydrogens (tertiary/aromatic N) is 1. The lowest BCUT2D eigenvalue weighted by atomic mass is 9.96. The van der Waals surface area contributed by atoms with Gasteiger partial charge in [-0.25, -0.2) is 4.79 Å². The topological polar surface area (TPSA) is 80.4 Å². The molecule has 0 aromatic heterocycles. The first kappa shape index (κ1) is 11.2. The third-order valence-corrected chi connectivity index (χ3v) is 2.10.